The summed E-state index contributed by atoms with van der Waals surface area (Å²) >= 11 is 0. The third-order valence-electron chi connectivity index (χ3n) is 5.69. The smallest absolute Gasteiger partial charge is 0.0259 e. The van der Waals surface area contributed by atoms with Crippen molar-refractivity contribution in [3.05, 3.63) is 24.8 Å². The first-order chi connectivity index (χ1) is 8.99. The normalized spacial score (nSPS) is 39.6. The van der Waals surface area contributed by atoms with Gasteiger partial charge in [-0.15, -0.1) is 0 Å². The quantitative estimate of drug-likeness (QED) is 0.544. The van der Waals surface area contributed by atoms with Gasteiger partial charge in [0.15, 0.2) is 0 Å². The molecule has 0 aliphatic heterocycles. The van der Waals surface area contributed by atoms with Crippen LogP contribution in [0.5, 0.6) is 0 Å². The van der Waals surface area contributed by atoms with E-state index in [9.17, 15) is 0 Å². The van der Waals surface area contributed by atoms with E-state index in [1.54, 1.807) is 0 Å². The van der Waals surface area contributed by atoms with Crippen LogP contribution in [0.2, 0.25) is 0 Å². The molecule has 6 atom stereocenters. The number of hydrogen-bond acceptors (Lipinski definition) is 0. The highest BCUT2D eigenvalue weighted by Crippen LogP contribution is 2.50. The van der Waals surface area contributed by atoms with Gasteiger partial charge < -0.3 is 0 Å². The van der Waals surface area contributed by atoms with Crippen molar-refractivity contribution >= 4 is 0 Å². The largest absolute Gasteiger partial charge is 0.0988 e. The minimum Gasteiger partial charge on any atom is -0.0988 e. The van der Waals surface area contributed by atoms with Crippen LogP contribution in [0.25, 0.3) is 0 Å². The molecule has 0 nitrogen and oxygen atoms in total. The molecule has 0 amide bonds. The van der Waals surface area contributed by atoms with E-state index in [1.807, 2.05) is 6.08 Å². The van der Waals surface area contributed by atoms with Crippen LogP contribution >= 0.6 is 0 Å². The highest BCUT2D eigenvalue weighted by Gasteiger charge is 2.40. The van der Waals surface area contributed by atoms with E-state index in [0.717, 1.165) is 41.9 Å². The van der Waals surface area contributed by atoms with Crippen molar-refractivity contribution in [2.24, 2.45) is 35.5 Å². The second-order valence-electron chi connectivity index (χ2n) is 7.72. The first kappa shape index (κ1) is 14.9. The fraction of sp³-hybridized carbons (Fsp3) is 0.789. The standard InChI is InChI=1S/C19H32/c1-6-13(2)7-14(3)10-19-16(5)11-17-8-15(4)9-18(19)12-17/h6,14-19H,1-2,7-12H2,3-5H3. The highest BCUT2D eigenvalue weighted by molar-refractivity contribution is 5.11. The Morgan fingerprint density at radius 1 is 1.21 bits per heavy atom. The summed E-state index contributed by atoms with van der Waals surface area (Å²) in [6.45, 7) is 15.3. The van der Waals surface area contributed by atoms with Gasteiger partial charge in [-0.2, -0.15) is 0 Å². The molecule has 0 aromatic carbocycles. The predicted molar refractivity (Wildman–Crippen MR) is 85.0 cm³/mol. The van der Waals surface area contributed by atoms with E-state index in [4.69, 9.17) is 0 Å². The fourth-order valence-electron chi connectivity index (χ4n) is 5.01. The van der Waals surface area contributed by atoms with Crippen LogP contribution in [-0.2, 0) is 0 Å². The number of allylic oxidation sites excluding steroid dienone is 2. The molecule has 0 N–H and O–H groups in total. The van der Waals surface area contributed by atoms with E-state index in [1.165, 1.54) is 37.7 Å². The molecule has 0 aromatic rings. The molecule has 2 aliphatic carbocycles. The van der Waals surface area contributed by atoms with Gasteiger partial charge in [-0.1, -0.05) is 45.6 Å². The van der Waals surface area contributed by atoms with Crippen LogP contribution in [0.1, 0.15) is 59.3 Å². The van der Waals surface area contributed by atoms with Gasteiger partial charge in [0, 0.05) is 0 Å². The first-order valence-corrected chi connectivity index (χ1v) is 8.29. The van der Waals surface area contributed by atoms with Crippen molar-refractivity contribution in [1.29, 1.82) is 0 Å². The molecule has 2 aliphatic rings. The molecule has 2 fully saturated rings. The molecule has 0 aromatic heterocycles. The fourth-order valence-corrected chi connectivity index (χ4v) is 5.01. The van der Waals surface area contributed by atoms with Gasteiger partial charge in [0.2, 0.25) is 0 Å². The Bertz CT molecular complexity index is 323. The maximum Gasteiger partial charge on any atom is -0.0259 e. The van der Waals surface area contributed by atoms with Crippen LogP contribution < -0.4 is 0 Å². The number of fused-ring (bicyclic) bond motifs is 2. The Balaban J connectivity index is 1.94. The van der Waals surface area contributed by atoms with E-state index in [0.29, 0.717) is 0 Å². The summed E-state index contributed by atoms with van der Waals surface area (Å²) in [6, 6.07) is 0. The molecule has 0 heteroatoms. The van der Waals surface area contributed by atoms with E-state index in [-0.39, 0.29) is 0 Å². The van der Waals surface area contributed by atoms with E-state index in [2.05, 4.69) is 33.9 Å². The van der Waals surface area contributed by atoms with Crippen molar-refractivity contribution in [3.8, 4) is 0 Å². The molecule has 0 spiro atoms. The summed E-state index contributed by atoms with van der Waals surface area (Å²) in [5, 5.41) is 0. The van der Waals surface area contributed by atoms with Gasteiger partial charge in [0.05, 0.1) is 0 Å². The van der Waals surface area contributed by atoms with Crippen molar-refractivity contribution < 1.29 is 0 Å². The summed E-state index contributed by atoms with van der Waals surface area (Å²) in [5.41, 5.74) is 1.21. The van der Waals surface area contributed by atoms with Gasteiger partial charge in [-0.25, -0.2) is 0 Å². The summed E-state index contributed by atoms with van der Waals surface area (Å²) in [6.07, 6.45) is 10.5. The lowest BCUT2D eigenvalue weighted by molar-refractivity contribution is 0.0342. The van der Waals surface area contributed by atoms with Gasteiger partial charge in [0.25, 0.3) is 0 Å². The van der Waals surface area contributed by atoms with E-state index < -0.39 is 0 Å². The zero-order valence-electron chi connectivity index (χ0n) is 13.2. The van der Waals surface area contributed by atoms with Gasteiger partial charge in [-0.3, -0.25) is 0 Å². The van der Waals surface area contributed by atoms with E-state index >= 15 is 0 Å². The average Bonchev–Trinajstić information content (AvgIpc) is 2.33. The molecule has 19 heavy (non-hydrogen) atoms. The molecule has 0 heterocycles. The van der Waals surface area contributed by atoms with Gasteiger partial charge in [0.1, 0.15) is 0 Å². The molecule has 2 bridgehead atoms. The summed E-state index contributed by atoms with van der Waals surface area (Å²) in [5.74, 6) is 5.70. The Kier molecular flexibility index (Phi) is 4.92. The molecule has 0 saturated heterocycles. The molecule has 2 rings (SSSR count). The van der Waals surface area contributed by atoms with Crippen LogP contribution in [0.4, 0.5) is 0 Å². The van der Waals surface area contributed by atoms with Crippen LogP contribution in [0, 0.1) is 35.5 Å². The molecule has 6 unspecified atom stereocenters. The lowest BCUT2D eigenvalue weighted by atomic mass is 9.58. The topological polar surface area (TPSA) is 0 Å². The van der Waals surface area contributed by atoms with Crippen molar-refractivity contribution in [2.45, 2.75) is 59.3 Å². The minimum atomic E-state index is 0.770. The Morgan fingerprint density at radius 2 is 1.95 bits per heavy atom. The molecular weight excluding hydrogens is 228 g/mol. The lowest BCUT2D eigenvalue weighted by Crippen LogP contribution is -2.37. The molecule has 108 valence electrons. The predicted octanol–water partition coefficient (Wildman–Crippen LogP) is 5.85. The monoisotopic (exact) mass is 260 g/mol. The number of rotatable bonds is 5. The van der Waals surface area contributed by atoms with Crippen molar-refractivity contribution in [2.75, 3.05) is 0 Å². The minimum absolute atomic E-state index is 0.770. The zero-order chi connectivity index (χ0) is 14.0. The Hall–Kier alpha value is -0.520. The third-order valence-corrected chi connectivity index (χ3v) is 5.69. The maximum absolute atomic E-state index is 4.08. The first-order valence-electron chi connectivity index (χ1n) is 8.29. The number of hydrogen-bond donors (Lipinski definition) is 0. The summed E-state index contributed by atoms with van der Waals surface area (Å²) < 4.78 is 0. The molecule has 2 saturated carbocycles. The second-order valence-corrected chi connectivity index (χ2v) is 7.72. The third kappa shape index (κ3) is 3.74. The van der Waals surface area contributed by atoms with Crippen LogP contribution in [-0.4, -0.2) is 0 Å². The van der Waals surface area contributed by atoms with Crippen LogP contribution in [0.15, 0.2) is 24.8 Å². The lowest BCUT2D eigenvalue weighted by Gasteiger charge is -2.47. The van der Waals surface area contributed by atoms with Crippen LogP contribution in [0.3, 0.4) is 0 Å². The SMILES string of the molecule is C=CC(=C)CC(C)CC1C(C)CC2CC(C)CC1C2. The average molecular weight is 260 g/mol. The summed E-state index contributed by atoms with van der Waals surface area (Å²) in [7, 11) is 0. The highest BCUT2D eigenvalue weighted by atomic mass is 14.4. The maximum atomic E-state index is 4.08. The Labute approximate surface area is 120 Å². The zero-order valence-corrected chi connectivity index (χ0v) is 13.2. The van der Waals surface area contributed by atoms with Gasteiger partial charge >= 0.3 is 0 Å². The summed E-state index contributed by atoms with van der Waals surface area (Å²) in [4.78, 5) is 0. The molecule has 0 radical (unpaired) electrons. The van der Waals surface area contributed by atoms with Gasteiger partial charge in [-0.05, 0) is 74.0 Å². The molecular formula is C19H32. The van der Waals surface area contributed by atoms with Crippen molar-refractivity contribution in [1.82, 2.24) is 0 Å². The van der Waals surface area contributed by atoms with Crippen molar-refractivity contribution in [3.63, 3.8) is 0 Å². The second kappa shape index (κ2) is 6.29. The Morgan fingerprint density at radius 3 is 2.63 bits per heavy atom.